The highest BCUT2D eigenvalue weighted by Crippen LogP contribution is 2.70. The van der Waals surface area contributed by atoms with Crippen LogP contribution in [-0.2, 0) is 19.7 Å². The van der Waals surface area contributed by atoms with E-state index >= 15 is 0 Å². The van der Waals surface area contributed by atoms with Crippen LogP contribution in [0.15, 0.2) is 0 Å². The molecule has 0 bridgehead atoms. The maximum atomic E-state index is 11.9. The minimum absolute atomic E-state index is 0.179. The van der Waals surface area contributed by atoms with E-state index in [2.05, 4.69) is 0 Å². The second-order valence-electron chi connectivity index (χ2n) is 5.41. The van der Waals surface area contributed by atoms with Gasteiger partial charge in [-0.1, -0.05) is 6.42 Å². The molecule has 1 saturated carbocycles. The third-order valence-electron chi connectivity index (χ3n) is 4.65. The lowest BCUT2D eigenvalue weighted by atomic mass is 9.70. The van der Waals surface area contributed by atoms with Crippen LogP contribution in [0, 0.1) is 10.8 Å². The van der Waals surface area contributed by atoms with Gasteiger partial charge in [0.05, 0.1) is 11.5 Å². The Kier molecular flexibility index (Phi) is 2.31. The van der Waals surface area contributed by atoms with Gasteiger partial charge >= 0.3 is 0 Å². The van der Waals surface area contributed by atoms with Crippen molar-refractivity contribution in [2.24, 2.45) is 10.8 Å². The van der Waals surface area contributed by atoms with Crippen molar-refractivity contribution >= 4 is 42.9 Å². The molecular formula is C9H12Cl2O4S2. The van der Waals surface area contributed by atoms with Crippen LogP contribution in [0.2, 0.25) is 0 Å². The molecule has 3 aliphatic rings. The zero-order chi connectivity index (χ0) is 12.7. The summed E-state index contributed by atoms with van der Waals surface area (Å²) >= 11 is 12.1. The van der Waals surface area contributed by atoms with Crippen LogP contribution in [0.5, 0.6) is 0 Å². The minimum atomic E-state index is -3.43. The lowest BCUT2D eigenvalue weighted by Crippen LogP contribution is -2.39. The van der Waals surface area contributed by atoms with Gasteiger partial charge in [-0.05, 0) is 12.8 Å². The Labute approximate surface area is 110 Å². The second-order valence-corrected chi connectivity index (χ2v) is 11.0. The van der Waals surface area contributed by atoms with Crippen LogP contribution in [0.1, 0.15) is 19.3 Å². The molecule has 0 aromatic rings. The van der Waals surface area contributed by atoms with Gasteiger partial charge in [-0.25, -0.2) is 16.8 Å². The standard InChI is InChI=1S/C9H12Cl2O4S2/c10-6-8-2-1-3-9(8,5-17(6,14)15)7(11)16(12,13)4-8/h6-7H,1-5H2/t6-,7-,8+,9+/m1/s1. The van der Waals surface area contributed by atoms with Gasteiger partial charge in [-0.2, -0.15) is 0 Å². The van der Waals surface area contributed by atoms with Gasteiger partial charge in [0.1, 0.15) is 9.42 Å². The Morgan fingerprint density at radius 1 is 0.824 bits per heavy atom. The van der Waals surface area contributed by atoms with Gasteiger partial charge in [-0.15, -0.1) is 23.2 Å². The Balaban J connectivity index is 2.28. The Morgan fingerprint density at radius 2 is 1.18 bits per heavy atom. The first-order chi connectivity index (χ1) is 7.68. The van der Waals surface area contributed by atoms with E-state index in [0.29, 0.717) is 12.8 Å². The summed E-state index contributed by atoms with van der Waals surface area (Å²) in [6, 6.07) is 0. The number of alkyl halides is 2. The molecule has 0 N–H and O–H groups in total. The van der Waals surface area contributed by atoms with Gasteiger partial charge in [0, 0.05) is 10.8 Å². The highest BCUT2D eigenvalue weighted by molar-refractivity contribution is 7.95. The molecule has 0 aromatic carbocycles. The van der Waals surface area contributed by atoms with Crippen molar-refractivity contribution in [3.05, 3.63) is 0 Å². The SMILES string of the molecule is O=S1(=O)C[C@]23CCC[C@]2(CS(=O)(=O)[C@H]3Cl)[C@@H]1Cl. The normalized spacial score (nSPS) is 54.5. The van der Waals surface area contributed by atoms with Crippen LogP contribution in [0.3, 0.4) is 0 Å². The molecule has 0 amide bonds. The molecule has 0 spiro atoms. The predicted molar refractivity (Wildman–Crippen MR) is 65.6 cm³/mol. The quantitative estimate of drug-likeness (QED) is 0.628. The molecule has 2 aliphatic heterocycles. The van der Waals surface area contributed by atoms with E-state index in [0.717, 1.165) is 6.42 Å². The van der Waals surface area contributed by atoms with Gasteiger partial charge in [0.2, 0.25) is 0 Å². The summed E-state index contributed by atoms with van der Waals surface area (Å²) in [5.74, 6) is -0.358. The fourth-order valence-electron chi connectivity index (χ4n) is 4.01. The fourth-order valence-corrected chi connectivity index (χ4v) is 10.8. The molecule has 0 radical (unpaired) electrons. The van der Waals surface area contributed by atoms with Crippen molar-refractivity contribution in [3.8, 4) is 0 Å². The maximum Gasteiger partial charge on any atom is 0.168 e. The van der Waals surface area contributed by atoms with Crippen molar-refractivity contribution in [2.45, 2.75) is 28.7 Å². The van der Waals surface area contributed by atoms with Crippen molar-refractivity contribution in [1.29, 1.82) is 0 Å². The highest BCUT2D eigenvalue weighted by atomic mass is 35.5. The number of hydrogen-bond acceptors (Lipinski definition) is 4. The zero-order valence-corrected chi connectivity index (χ0v) is 12.0. The summed E-state index contributed by atoms with van der Waals surface area (Å²) in [5.41, 5.74) is -1.70. The Morgan fingerprint density at radius 3 is 1.53 bits per heavy atom. The first-order valence-electron chi connectivity index (χ1n) is 5.39. The van der Waals surface area contributed by atoms with Crippen LogP contribution >= 0.6 is 23.2 Å². The number of sulfone groups is 2. The van der Waals surface area contributed by atoms with Crippen molar-refractivity contribution in [2.75, 3.05) is 11.5 Å². The molecule has 0 aromatic heterocycles. The molecule has 4 nitrogen and oxygen atoms in total. The summed E-state index contributed by atoms with van der Waals surface area (Å²) < 4.78 is 45.6. The third-order valence-corrected chi connectivity index (χ3v) is 11.1. The molecule has 0 unspecified atom stereocenters. The molecule has 3 fully saturated rings. The molecule has 17 heavy (non-hydrogen) atoms. The zero-order valence-electron chi connectivity index (χ0n) is 8.90. The third kappa shape index (κ3) is 1.21. The second kappa shape index (κ2) is 3.14. The molecule has 98 valence electrons. The minimum Gasteiger partial charge on any atom is -0.227 e. The van der Waals surface area contributed by atoms with Gasteiger partial charge in [-0.3, -0.25) is 0 Å². The van der Waals surface area contributed by atoms with Crippen LogP contribution < -0.4 is 0 Å². The van der Waals surface area contributed by atoms with Crippen molar-refractivity contribution in [3.63, 3.8) is 0 Å². The van der Waals surface area contributed by atoms with E-state index in [-0.39, 0.29) is 11.5 Å². The summed E-state index contributed by atoms with van der Waals surface area (Å²) in [6.45, 7) is 0. The number of halogens is 2. The van der Waals surface area contributed by atoms with Crippen molar-refractivity contribution in [1.82, 2.24) is 0 Å². The number of hydrogen-bond donors (Lipinski definition) is 0. The molecular weight excluding hydrogens is 307 g/mol. The topological polar surface area (TPSA) is 68.3 Å². The molecule has 8 heteroatoms. The lowest BCUT2D eigenvalue weighted by molar-refractivity contribution is 0.190. The van der Waals surface area contributed by atoms with Crippen molar-refractivity contribution < 1.29 is 16.8 Å². The number of rotatable bonds is 0. The van der Waals surface area contributed by atoms with E-state index < -0.39 is 39.9 Å². The summed E-state index contributed by atoms with van der Waals surface area (Å²) in [6.07, 6.45) is 1.89. The van der Waals surface area contributed by atoms with Gasteiger partial charge < -0.3 is 0 Å². The molecule has 2 heterocycles. The summed E-state index contributed by atoms with van der Waals surface area (Å²) in [5, 5.41) is 0. The fraction of sp³-hybridized carbons (Fsp3) is 1.00. The molecule has 2 saturated heterocycles. The molecule has 3 rings (SSSR count). The molecule has 4 atom stereocenters. The summed E-state index contributed by atoms with van der Waals surface area (Å²) in [4.78, 5) is 0. The Hall–Kier alpha value is 0.480. The molecule has 1 aliphatic carbocycles. The van der Waals surface area contributed by atoms with E-state index in [1.165, 1.54) is 0 Å². The first-order valence-corrected chi connectivity index (χ1v) is 9.70. The average molecular weight is 319 g/mol. The van der Waals surface area contributed by atoms with E-state index in [4.69, 9.17) is 23.2 Å². The van der Waals surface area contributed by atoms with Gasteiger partial charge in [0.15, 0.2) is 19.7 Å². The predicted octanol–water partition coefficient (Wildman–Crippen LogP) is 1.13. The summed E-state index contributed by atoms with van der Waals surface area (Å²) in [7, 11) is -6.86. The highest BCUT2D eigenvalue weighted by Gasteiger charge is 2.77. The largest absolute Gasteiger partial charge is 0.227 e. The Bertz CT molecular complexity index is 532. The monoisotopic (exact) mass is 318 g/mol. The smallest absolute Gasteiger partial charge is 0.168 e. The maximum absolute atomic E-state index is 11.9. The first kappa shape index (κ1) is 12.5. The van der Waals surface area contributed by atoms with Gasteiger partial charge in [0.25, 0.3) is 0 Å². The lowest BCUT2D eigenvalue weighted by Gasteiger charge is -2.33. The van der Waals surface area contributed by atoms with Crippen LogP contribution in [0.4, 0.5) is 0 Å². The van der Waals surface area contributed by atoms with Crippen LogP contribution in [-0.4, -0.2) is 37.8 Å². The van der Waals surface area contributed by atoms with Crippen LogP contribution in [0.25, 0.3) is 0 Å². The average Bonchev–Trinajstić information content (AvgIpc) is 2.66. The van der Waals surface area contributed by atoms with E-state index in [9.17, 15) is 16.8 Å². The van der Waals surface area contributed by atoms with E-state index in [1.807, 2.05) is 0 Å². The van der Waals surface area contributed by atoms with E-state index in [1.54, 1.807) is 0 Å².